The normalized spacial score (nSPS) is 18.3. The molecular weight excluding hydrogens is 268 g/mol. The molecule has 1 aliphatic rings. The van der Waals surface area contributed by atoms with Crippen LogP contribution in [0.25, 0.3) is 0 Å². The molecule has 2 heterocycles. The maximum Gasteiger partial charge on any atom is 0.220 e. The highest BCUT2D eigenvalue weighted by molar-refractivity contribution is 7.07. The Morgan fingerprint density at radius 1 is 1.56 bits per heavy atom. The van der Waals surface area contributed by atoms with Gasteiger partial charge >= 0.3 is 0 Å². The highest BCUT2D eigenvalue weighted by Gasteiger charge is 2.13. The Hall–Kier alpha value is -0.580. The Bertz CT molecular complexity index is 337. The molecule has 2 N–H and O–H groups in total. The van der Waals surface area contributed by atoms with Gasteiger partial charge in [0, 0.05) is 13.0 Å². The van der Waals surface area contributed by atoms with Crippen LogP contribution in [0.3, 0.4) is 0 Å². The van der Waals surface area contributed by atoms with E-state index in [1.807, 2.05) is 0 Å². The predicted octanol–water partition coefficient (Wildman–Crippen LogP) is 2.22. The molecule has 1 aliphatic heterocycles. The zero-order chi connectivity index (χ0) is 11.9. The van der Waals surface area contributed by atoms with Crippen LogP contribution in [-0.4, -0.2) is 25.5 Å². The topological polar surface area (TPSA) is 41.1 Å². The van der Waals surface area contributed by atoms with E-state index < -0.39 is 0 Å². The van der Waals surface area contributed by atoms with Gasteiger partial charge in [-0.2, -0.15) is 11.3 Å². The van der Waals surface area contributed by atoms with Crippen molar-refractivity contribution >= 4 is 29.7 Å². The third-order valence-corrected chi connectivity index (χ3v) is 3.99. The molecule has 2 rings (SSSR count). The molecule has 3 nitrogen and oxygen atoms in total. The minimum Gasteiger partial charge on any atom is -0.356 e. The molecule has 1 unspecified atom stereocenters. The molecule has 5 heteroatoms. The molecule has 102 valence electrons. The number of aryl methyl sites for hydroxylation is 1. The fourth-order valence-electron chi connectivity index (χ4n) is 2.16. The van der Waals surface area contributed by atoms with Gasteiger partial charge in [0.05, 0.1) is 0 Å². The second kappa shape index (κ2) is 8.51. The molecule has 0 saturated carbocycles. The predicted molar refractivity (Wildman–Crippen MR) is 78.5 cm³/mol. The average molecular weight is 289 g/mol. The van der Waals surface area contributed by atoms with Gasteiger partial charge in [-0.15, -0.1) is 12.4 Å². The zero-order valence-corrected chi connectivity index (χ0v) is 12.1. The molecule has 0 aliphatic carbocycles. The van der Waals surface area contributed by atoms with Crippen molar-refractivity contribution in [2.75, 3.05) is 19.6 Å². The second-order valence-electron chi connectivity index (χ2n) is 4.63. The third-order valence-electron chi connectivity index (χ3n) is 3.26. The number of nitrogens with one attached hydrogen (secondary N) is 2. The third kappa shape index (κ3) is 5.38. The number of hydrogen-bond acceptors (Lipinski definition) is 3. The van der Waals surface area contributed by atoms with Gasteiger partial charge in [-0.05, 0) is 60.7 Å². The first-order valence-electron chi connectivity index (χ1n) is 6.33. The zero-order valence-electron chi connectivity index (χ0n) is 10.5. The molecular formula is C13H21ClN2OS. The van der Waals surface area contributed by atoms with Crippen LogP contribution in [0.1, 0.15) is 24.8 Å². The summed E-state index contributed by atoms with van der Waals surface area (Å²) in [5, 5.41) is 10.5. The maximum atomic E-state index is 11.6. The lowest BCUT2D eigenvalue weighted by molar-refractivity contribution is -0.121. The first kappa shape index (κ1) is 15.5. The van der Waals surface area contributed by atoms with Crippen LogP contribution in [0.5, 0.6) is 0 Å². The first-order chi connectivity index (χ1) is 8.34. The van der Waals surface area contributed by atoms with E-state index in [0.717, 1.165) is 38.4 Å². The van der Waals surface area contributed by atoms with Crippen molar-refractivity contribution in [3.63, 3.8) is 0 Å². The smallest absolute Gasteiger partial charge is 0.220 e. The van der Waals surface area contributed by atoms with Crippen LogP contribution in [0, 0.1) is 5.92 Å². The SMILES string of the molecule is Cl.O=C(CCc1ccsc1)NCCC1CCNC1. The number of hydrogen-bond donors (Lipinski definition) is 2. The molecule has 0 spiro atoms. The molecule has 1 saturated heterocycles. The minimum atomic E-state index is 0. The van der Waals surface area contributed by atoms with E-state index in [9.17, 15) is 4.79 Å². The van der Waals surface area contributed by atoms with Crippen LogP contribution in [0.2, 0.25) is 0 Å². The first-order valence-corrected chi connectivity index (χ1v) is 7.27. The van der Waals surface area contributed by atoms with Gasteiger partial charge < -0.3 is 10.6 Å². The van der Waals surface area contributed by atoms with Crippen LogP contribution in [-0.2, 0) is 11.2 Å². The maximum absolute atomic E-state index is 11.6. The van der Waals surface area contributed by atoms with Gasteiger partial charge in [0.1, 0.15) is 0 Å². The number of carbonyl (C=O) groups excluding carboxylic acids is 1. The van der Waals surface area contributed by atoms with Gasteiger partial charge in [0.15, 0.2) is 0 Å². The highest BCUT2D eigenvalue weighted by Crippen LogP contribution is 2.11. The Balaban J connectivity index is 0.00000162. The van der Waals surface area contributed by atoms with E-state index in [2.05, 4.69) is 27.5 Å². The van der Waals surface area contributed by atoms with Crippen LogP contribution < -0.4 is 10.6 Å². The van der Waals surface area contributed by atoms with Crippen molar-refractivity contribution in [2.24, 2.45) is 5.92 Å². The number of halogens is 1. The molecule has 1 amide bonds. The van der Waals surface area contributed by atoms with E-state index in [1.54, 1.807) is 11.3 Å². The summed E-state index contributed by atoms with van der Waals surface area (Å²) >= 11 is 1.69. The van der Waals surface area contributed by atoms with E-state index in [-0.39, 0.29) is 18.3 Å². The lowest BCUT2D eigenvalue weighted by Gasteiger charge is -2.09. The van der Waals surface area contributed by atoms with Crippen molar-refractivity contribution < 1.29 is 4.79 Å². The van der Waals surface area contributed by atoms with Crippen molar-refractivity contribution in [1.82, 2.24) is 10.6 Å². The van der Waals surface area contributed by atoms with Crippen molar-refractivity contribution in [3.8, 4) is 0 Å². The summed E-state index contributed by atoms with van der Waals surface area (Å²) in [4.78, 5) is 11.6. The van der Waals surface area contributed by atoms with Gasteiger partial charge in [-0.3, -0.25) is 4.79 Å². The monoisotopic (exact) mass is 288 g/mol. The average Bonchev–Trinajstić information content (AvgIpc) is 2.99. The number of rotatable bonds is 6. The molecule has 0 aromatic carbocycles. The fraction of sp³-hybridized carbons (Fsp3) is 0.615. The summed E-state index contributed by atoms with van der Waals surface area (Å²) in [5.41, 5.74) is 1.27. The molecule has 1 fully saturated rings. The molecule has 18 heavy (non-hydrogen) atoms. The number of carbonyl (C=O) groups is 1. The Labute approximate surface area is 119 Å². The summed E-state index contributed by atoms with van der Waals surface area (Å²) in [7, 11) is 0. The Morgan fingerprint density at radius 3 is 3.11 bits per heavy atom. The van der Waals surface area contributed by atoms with E-state index in [0.29, 0.717) is 6.42 Å². The summed E-state index contributed by atoms with van der Waals surface area (Å²) < 4.78 is 0. The minimum absolute atomic E-state index is 0. The molecule has 0 radical (unpaired) electrons. The lowest BCUT2D eigenvalue weighted by atomic mass is 10.1. The Morgan fingerprint density at radius 2 is 2.44 bits per heavy atom. The largest absolute Gasteiger partial charge is 0.356 e. The molecule has 1 aromatic rings. The number of thiophene rings is 1. The van der Waals surface area contributed by atoms with Gasteiger partial charge in [0.2, 0.25) is 5.91 Å². The molecule has 0 bridgehead atoms. The van der Waals surface area contributed by atoms with Gasteiger partial charge in [-0.25, -0.2) is 0 Å². The van der Waals surface area contributed by atoms with E-state index in [1.165, 1.54) is 12.0 Å². The quantitative estimate of drug-likeness (QED) is 0.843. The summed E-state index contributed by atoms with van der Waals surface area (Å²) in [6.07, 6.45) is 3.84. The van der Waals surface area contributed by atoms with Crippen molar-refractivity contribution in [2.45, 2.75) is 25.7 Å². The fourth-order valence-corrected chi connectivity index (χ4v) is 2.86. The molecule has 1 atom stereocenters. The van der Waals surface area contributed by atoms with Crippen LogP contribution in [0.4, 0.5) is 0 Å². The Kier molecular flexibility index (Phi) is 7.32. The summed E-state index contributed by atoms with van der Waals surface area (Å²) in [5.74, 6) is 0.939. The van der Waals surface area contributed by atoms with E-state index >= 15 is 0 Å². The highest BCUT2D eigenvalue weighted by atomic mass is 35.5. The van der Waals surface area contributed by atoms with E-state index in [4.69, 9.17) is 0 Å². The standard InChI is InChI=1S/C13H20N2OS.ClH/c16-13(2-1-12-5-8-17-10-12)15-7-4-11-3-6-14-9-11;/h5,8,10-11,14H,1-4,6-7,9H2,(H,15,16);1H. The van der Waals surface area contributed by atoms with Crippen LogP contribution in [0.15, 0.2) is 16.8 Å². The number of amides is 1. The van der Waals surface area contributed by atoms with Crippen LogP contribution >= 0.6 is 23.7 Å². The molecule has 1 aromatic heterocycles. The van der Waals surface area contributed by atoms with Gasteiger partial charge in [-0.1, -0.05) is 0 Å². The lowest BCUT2D eigenvalue weighted by Crippen LogP contribution is -2.26. The summed E-state index contributed by atoms with van der Waals surface area (Å²) in [6, 6.07) is 2.09. The van der Waals surface area contributed by atoms with Crippen molar-refractivity contribution in [3.05, 3.63) is 22.4 Å². The van der Waals surface area contributed by atoms with Gasteiger partial charge in [0.25, 0.3) is 0 Å². The van der Waals surface area contributed by atoms with Crippen molar-refractivity contribution in [1.29, 1.82) is 0 Å². The summed E-state index contributed by atoms with van der Waals surface area (Å²) in [6.45, 7) is 3.08. The second-order valence-corrected chi connectivity index (χ2v) is 5.41.